The van der Waals surface area contributed by atoms with Crippen LogP contribution < -0.4 is 15.4 Å². The van der Waals surface area contributed by atoms with Gasteiger partial charge in [-0.15, -0.1) is 12.4 Å². The molecule has 1 fully saturated rings. The second-order valence-electron chi connectivity index (χ2n) is 6.33. The van der Waals surface area contributed by atoms with E-state index in [4.69, 9.17) is 0 Å². The Labute approximate surface area is 154 Å². The Morgan fingerprint density at radius 3 is 2.56 bits per heavy atom. The first-order chi connectivity index (χ1) is 11.3. The van der Waals surface area contributed by atoms with E-state index in [2.05, 4.69) is 15.4 Å². The van der Waals surface area contributed by atoms with Gasteiger partial charge in [0.25, 0.3) is 0 Å². The first-order valence-electron chi connectivity index (χ1n) is 8.09. The van der Waals surface area contributed by atoms with Crippen molar-refractivity contribution in [1.29, 1.82) is 0 Å². The van der Waals surface area contributed by atoms with E-state index in [-0.39, 0.29) is 24.4 Å². The minimum Gasteiger partial charge on any atom is -0.351 e. The first-order valence-corrected chi connectivity index (χ1v) is 9.57. The molecule has 2 unspecified atom stereocenters. The average Bonchev–Trinajstić information content (AvgIpc) is 2.53. The Morgan fingerprint density at radius 2 is 2.00 bits per heavy atom. The molecule has 25 heavy (non-hydrogen) atoms. The molecule has 3 N–H and O–H groups in total. The monoisotopic (exact) mass is 393 g/mol. The van der Waals surface area contributed by atoms with Crippen LogP contribution in [0.4, 0.5) is 4.39 Å². The average molecular weight is 394 g/mol. The fourth-order valence-electron chi connectivity index (χ4n) is 2.65. The molecule has 1 aliphatic rings. The molecular formula is C16H25ClFN3O3S. The molecule has 0 aliphatic carbocycles. The number of benzene rings is 1. The number of hydrogen-bond donors (Lipinski definition) is 3. The second-order valence-corrected chi connectivity index (χ2v) is 8.01. The summed E-state index contributed by atoms with van der Waals surface area (Å²) in [7, 11) is -4.12. The third kappa shape index (κ3) is 5.91. The minimum atomic E-state index is -4.12. The molecule has 1 saturated heterocycles. The lowest BCUT2D eigenvalue weighted by molar-refractivity contribution is -0.124. The molecule has 9 heteroatoms. The zero-order valence-electron chi connectivity index (χ0n) is 14.3. The molecule has 6 nitrogen and oxygen atoms in total. The largest absolute Gasteiger partial charge is 0.351 e. The maximum atomic E-state index is 13.8. The third-order valence-corrected chi connectivity index (χ3v) is 5.48. The molecule has 1 heterocycles. The van der Waals surface area contributed by atoms with E-state index >= 15 is 0 Å². The maximum Gasteiger partial charge on any atom is 0.244 e. The Hall–Kier alpha value is -1.22. The van der Waals surface area contributed by atoms with Gasteiger partial charge in [0.2, 0.25) is 15.9 Å². The summed E-state index contributed by atoms with van der Waals surface area (Å²) in [5.74, 6) is -1.51. The molecule has 2 atom stereocenters. The number of nitrogens with one attached hydrogen (secondary N) is 3. The van der Waals surface area contributed by atoms with E-state index in [0.717, 1.165) is 25.5 Å². The van der Waals surface area contributed by atoms with Crippen LogP contribution in [0.2, 0.25) is 0 Å². The van der Waals surface area contributed by atoms with Crippen LogP contribution in [-0.2, 0) is 14.8 Å². The summed E-state index contributed by atoms with van der Waals surface area (Å²) < 4.78 is 41.0. The Bertz CT molecular complexity index is 679. The normalized spacial score (nSPS) is 19.1. The van der Waals surface area contributed by atoms with Crippen LogP contribution in [0, 0.1) is 11.7 Å². The van der Waals surface area contributed by atoms with E-state index in [1.807, 2.05) is 0 Å². The highest BCUT2D eigenvalue weighted by Gasteiger charge is 2.31. The Morgan fingerprint density at radius 1 is 1.32 bits per heavy atom. The molecule has 2 rings (SSSR count). The van der Waals surface area contributed by atoms with Crippen molar-refractivity contribution >= 4 is 28.3 Å². The number of halogens is 2. The van der Waals surface area contributed by atoms with Crippen LogP contribution in [0.5, 0.6) is 0 Å². The summed E-state index contributed by atoms with van der Waals surface area (Å²) in [6.45, 7) is 5.07. The predicted molar refractivity (Wildman–Crippen MR) is 96.6 cm³/mol. The topological polar surface area (TPSA) is 87.3 Å². The quantitative estimate of drug-likeness (QED) is 0.682. The first kappa shape index (κ1) is 21.8. The third-order valence-electron chi connectivity index (χ3n) is 4.00. The van der Waals surface area contributed by atoms with Crippen LogP contribution in [0.25, 0.3) is 0 Å². The molecule has 142 valence electrons. The molecular weight excluding hydrogens is 369 g/mol. The Kier molecular flexibility index (Phi) is 8.27. The lowest BCUT2D eigenvalue weighted by atomic mass is 10.0. The van der Waals surface area contributed by atoms with Crippen LogP contribution in [-0.4, -0.2) is 39.5 Å². The van der Waals surface area contributed by atoms with Gasteiger partial charge in [-0.2, -0.15) is 4.72 Å². The fraction of sp³-hybridized carbons (Fsp3) is 0.562. The fourth-order valence-corrected chi connectivity index (χ4v) is 4.07. The van der Waals surface area contributed by atoms with Crippen LogP contribution in [0.15, 0.2) is 29.2 Å². The number of amides is 1. The van der Waals surface area contributed by atoms with Gasteiger partial charge in [-0.3, -0.25) is 4.79 Å². The predicted octanol–water partition coefficient (Wildman–Crippen LogP) is 1.42. The summed E-state index contributed by atoms with van der Waals surface area (Å²) in [5.41, 5.74) is 0. The van der Waals surface area contributed by atoms with Gasteiger partial charge in [0, 0.05) is 12.6 Å². The van der Waals surface area contributed by atoms with Gasteiger partial charge in [-0.25, -0.2) is 12.8 Å². The molecule has 1 aromatic carbocycles. The molecule has 1 aromatic rings. The van der Waals surface area contributed by atoms with E-state index < -0.39 is 32.7 Å². The van der Waals surface area contributed by atoms with E-state index in [9.17, 15) is 17.6 Å². The highest BCUT2D eigenvalue weighted by atomic mass is 35.5. The summed E-state index contributed by atoms with van der Waals surface area (Å²) in [5, 5.41) is 6.05. The molecule has 1 aliphatic heterocycles. The van der Waals surface area contributed by atoms with E-state index in [1.54, 1.807) is 13.8 Å². The number of sulfonamides is 1. The SMILES string of the molecule is CC(C)C(NS(=O)(=O)c1ccccc1F)C(=O)NC1CCCNC1.Cl. The number of hydrogen-bond acceptors (Lipinski definition) is 4. The molecule has 0 aromatic heterocycles. The Balaban J connectivity index is 0.00000312. The van der Waals surface area contributed by atoms with Gasteiger partial charge >= 0.3 is 0 Å². The maximum absolute atomic E-state index is 13.8. The summed E-state index contributed by atoms with van der Waals surface area (Å²) in [6, 6.07) is 4.12. The number of piperidine rings is 1. The summed E-state index contributed by atoms with van der Waals surface area (Å²) in [6.07, 6.45) is 1.81. The molecule has 0 spiro atoms. The van der Waals surface area contributed by atoms with Crippen molar-refractivity contribution in [2.75, 3.05) is 13.1 Å². The summed E-state index contributed by atoms with van der Waals surface area (Å²) in [4.78, 5) is 12.0. The van der Waals surface area contributed by atoms with Crippen molar-refractivity contribution in [1.82, 2.24) is 15.4 Å². The highest BCUT2D eigenvalue weighted by Crippen LogP contribution is 2.16. The molecule has 0 bridgehead atoms. The number of carbonyl (C=O) groups excluding carboxylic acids is 1. The van der Waals surface area contributed by atoms with Gasteiger partial charge < -0.3 is 10.6 Å². The van der Waals surface area contributed by atoms with Crippen molar-refractivity contribution in [3.05, 3.63) is 30.1 Å². The lowest BCUT2D eigenvalue weighted by Crippen LogP contribution is -2.54. The van der Waals surface area contributed by atoms with Gasteiger partial charge in [-0.05, 0) is 37.4 Å². The van der Waals surface area contributed by atoms with Gasteiger partial charge in [-0.1, -0.05) is 26.0 Å². The molecule has 0 saturated carbocycles. The molecule has 1 amide bonds. The van der Waals surface area contributed by atoms with Gasteiger partial charge in [0.05, 0.1) is 0 Å². The second kappa shape index (κ2) is 9.47. The van der Waals surface area contributed by atoms with Crippen molar-refractivity contribution in [3.8, 4) is 0 Å². The van der Waals surface area contributed by atoms with Crippen molar-refractivity contribution in [2.24, 2.45) is 5.92 Å². The molecule has 0 radical (unpaired) electrons. The van der Waals surface area contributed by atoms with Crippen LogP contribution >= 0.6 is 12.4 Å². The smallest absolute Gasteiger partial charge is 0.244 e. The highest BCUT2D eigenvalue weighted by molar-refractivity contribution is 7.89. The number of rotatable bonds is 6. The van der Waals surface area contributed by atoms with Crippen molar-refractivity contribution in [3.63, 3.8) is 0 Å². The van der Waals surface area contributed by atoms with Crippen LogP contribution in [0.3, 0.4) is 0 Å². The summed E-state index contributed by atoms with van der Waals surface area (Å²) >= 11 is 0. The standard InChI is InChI=1S/C16H24FN3O3S.ClH/c1-11(2)15(16(21)19-12-6-5-9-18-10-12)20-24(22,23)14-8-4-3-7-13(14)17;/h3-4,7-8,11-12,15,18,20H,5-6,9-10H2,1-2H3,(H,19,21);1H. The van der Waals surface area contributed by atoms with Crippen molar-refractivity contribution in [2.45, 2.75) is 43.7 Å². The zero-order valence-corrected chi connectivity index (χ0v) is 15.9. The minimum absolute atomic E-state index is 0. The zero-order chi connectivity index (χ0) is 17.7. The lowest BCUT2D eigenvalue weighted by Gasteiger charge is -2.28. The van der Waals surface area contributed by atoms with Gasteiger partial charge in [0.1, 0.15) is 16.8 Å². The van der Waals surface area contributed by atoms with Gasteiger partial charge in [0.15, 0.2) is 0 Å². The van der Waals surface area contributed by atoms with E-state index in [1.165, 1.54) is 18.2 Å². The van der Waals surface area contributed by atoms with Crippen molar-refractivity contribution < 1.29 is 17.6 Å². The van der Waals surface area contributed by atoms with Crippen LogP contribution in [0.1, 0.15) is 26.7 Å². The number of carbonyl (C=O) groups is 1. The van der Waals surface area contributed by atoms with E-state index in [0.29, 0.717) is 6.54 Å².